The van der Waals surface area contributed by atoms with Gasteiger partial charge >= 0.3 is 0 Å². The van der Waals surface area contributed by atoms with Crippen LogP contribution >= 0.6 is 0 Å². The molecule has 0 saturated carbocycles. The van der Waals surface area contributed by atoms with Gasteiger partial charge in [-0.2, -0.15) is 4.31 Å². The van der Waals surface area contributed by atoms with Crippen LogP contribution in [-0.2, 0) is 14.8 Å². The predicted octanol–water partition coefficient (Wildman–Crippen LogP) is 2.22. The summed E-state index contributed by atoms with van der Waals surface area (Å²) in [6.45, 7) is 1.97. The summed E-state index contributed by atoms with van der Waals surface area (Å²) >= 11 is 0. The Kier molecular flexibility index (Phi) is 4.81. The molecule has 2 aliphatic rings. The van der Waals surface area contributed by atoms with Gasteiger partial charge in [-0.15, -0.1) is 0 Å². The van der Waals surface area contributed by atoms with Crippen LogP contribution in [0.3, 0.4) is 0 Å². The number of hydrogen-bond acceptors (Lipinski definition) is 4. The highest BCUT2D eigenvalue weighted by molar-refractivity contribution is 7.88. The van der Waals surface area contributed by atoms with E-state index in [4.69, 9.17) is 4.74 Å². The Labute approximate surface area is 149 Å². The maximum atomic E-state index is 12.6. The zero-order valence-corrected chi connectivity index (χ0v) is 15.8. The Morgan fingerprint density at radius 3 is 2.76 bits per heavy atom. The first-order valence-corrected chi connectivity index (χ1v) is 10.5. The van der Waals surface area contributed by atoms with E-state index in [9.17, 15) is 13.2 Å². The number of carbonyl (C=O) groups is 1. The summed E-state index contributed by atoms with van der Waals surface area (Å²) in [6, 6.07) is 6.98. The minimum absolute atomic E-state index is 0.00643. The standard InChI is InChI=1S/C18H26N2O4S/c1-18-12-15(13-7-6-8-14(11-13)24-2)20(25(3,22)23)16(18)9-4-5-10-17(21)19-18/h6-8,11,15-16H,4-5,9-10,12H2,1-3H3,(H,19,21)/t15-,16-,18-/m0/s1. The number of ether oxygens (including phenoxy) is 1. The molecule has 2 fully saturated rings. The van der Waals surface area contributed by atoms with Crippen LogP contribution in [0, 0.1) is 0 Å². The van der Waals surface area contributed by atoms with Gasteiger partial charge < -0.3 is 10.1 Å². The lowest BCUT2D eigenvalue weighted by atomic mass is 9.85. The number of methoxy groups -OCH3 is 1. The summed E-state index contributed by atoms with van der Waals surface area (Å²) in [4.78, 5) is 12.2. The molecule has 138 valence electrons. The summed E-state index contributed by atoms with van der Waals surface area (Å²) in [7, 11) is -1.84. The first-order valence-electron chi connectivity index (χ1n) is 8.68. The van der Waals surface area contributed by atoms with Crippen LogP contribution in [0.4, 0.5) is 0 Å². The molecule has 0 aliphatic carbocycles. The molecule has 2 saturated heterocycles. The van der Waals surface area contributed by atoms with Crippen LogP contribution in [0.2, 0.25) is 0 Å². The first-order chi connectivity index (χ1) is 11.7. The van der Waals surface area contributed by atoms with E-state index in [2.05, 4.69) is 5.32 Å². The highest BCUT2D eigenvalue weighted by atomic mass is 32.2. The lowest BCUT2D eigenvalue weighted by Gasteiger charge is -2.37. The fourth-order valence-electron chi connectivity index (χ4n) is 4.29. The number of hydrogen-bond donors (Lipinski definition) is 1. The van der Waals surface area contributed by atoms with E-state index < -0.39 is 15.6 Å². The van der Waals surface area contributed by atoms with Crippen molar-refractivity contribution in [2.24, 2.45) is 0 Å². The van der Waals surface area contributed by atoms with Gasteiger partial charge in [0.05, 0.1) is 24.9 Å². The van der Waals surface area contributed by atoms with Crippen molar-refractivity contribution < 1.29 is 17.9 Å². The number of rotatable bonds is 3. The van der Waals surface area contributed by atoms with E-state index >= 15 is 0 Å². The fourth-order valence-corrected chi connectivity index (χ4v) is 5.74. The van der Waals surface area contributed by atoms with Crippen LogP contribution in [0.1, 0.15) is 50.6 Å². The van der Waals surface area contributed by atoms with Gasteiger partial charge in [0, 0.05) is 12.5 Å². The molecule has 3 rings (SSSR count). The average Bonchev–Trinajstić information content (AvgIpc) is 2.82. The molecule has 6 nitrogen and oxygen atoms in total. The third kappa shape index (κ3) is 3.53. The molecule has 0 bridgehead atoms. The predicted molar refractivity (Wildman–Crippen MR) is 95.8 cm³/mol. The minimum Gasteiger partial charge on any atom is -0.497 e. The van der Waals surface area contributed by atoms with Gasteiger partial charge in [-0.05, 0) is 43.9 Å². The quantitative estimate of drug-likeness (QED) is 0.890. The Balaban J connectivity index is 2.06. The summed E-state index contributed by atoms with van der Waals surface area (Å²) < 4.78 is 32.2. The first kappa shape index (κ1) is 18.2. The molecule has 1 aromatic carbocycles. The van der Waals surface area contributed by atoms with Gasteiger partial charge in [0.2, 0.25) is 15.9 Å². The van der Waals surface area contributed by atoms with Crippen LogP contribution in [-0.4, -0.2) is 43.6 Å². The number of amides is 1. The van der Waals surface area contributed by atoms with Crippen molar-refractivity contribution >= 4 is 15.9 Å². The Bertz CT molecular complexity index is 764. The maximum absolute atomic E-state index is 12.6. The summed E-state index contributed by atoms with van der Waals surface area (Å²) in [6.07, 6.45) is 4.72. The van der Waals surface area contributed by atoms with Gasteiger partial charge in [0.25, 0.3) is 0 Å². The largest absolute Gasteiger partial charge is 0.497 e. The number of benzene rings is 1. The molecule has 7 heteroatoms. The molecule has 0 radical (unpaired) electrons. The Morgan fingerprint density at radius 2 is 2.08 bits per heavy atom. The molecular formula is C18H26N2O4S. The van der Waals surface area contributed by atoms with Crippen molar-refractivity contribution in [3.05, 3.63) is 29.8 Å². The minimum atomic E-state index is -3.43. The number of carbonyl (C=O) groups excluding carboxylic acids is 1. The van der Waals surface area contributed by atoms with E-state index in [0.717, 1.165) is 24.8 Å². The molecule has 0 spiro atoms. The molecule has 0 aromatic heterocycles. The third-order valence-electron chi connectivity index (χ3n) is 5.39. The van der Waals surface area contributed by atoms with E-state index in [0.29, 0.717) is 18.6 Å². The van der Waals surface area contributed by atoms with Crippen molar-refractivity contribution in [3.63, 3.8) is 0 Å². The molecule has 1 N–H and O–H groups in total. The van der Waals surface area contributed by atoms with Crippen molar-refractivity contribution in [3.8, 4) is 5.75 Å². The van der Waals surface area contributed by atoms with Gasteiger partial charge in [-0.25, -0.2) is 8.42 Å². The third-order valence-corrected chi connectivity index (χ3v) is 6.66. The number of sulfonamides is 1. The van der Waals surface area contributed by atoms with E-state index in [1.807, 2.05) is 31.2 Å². The second kappa shape index (κ2) is 6.61. The SMILES string of the molecule is COc1cccc([C@@H]2C[C@]3(C)NC(=O)CCCC[C@@H]3N2S(C)(=O)=O)c1. The Hall–Kier alpha value is -1.60. The van der Waals surface area contributed by atoms with Gasteiger partial charge in [-0.1, -0.05) is 18.6 Å². The van der Waals surface area contributed by atoms with Crippen molar-refractivity contribution in [1.82, 2.24) is 9.62 Å². The topological polar surface area (TPSA) is 75.7 Å². The maximum Gasteiger partial charge on any atom is 0.220 e. The fraction of sp³-hybridized carbons (Fsp3) is 0.611. The Morgan fingerprint density at radius 1 is 1.32 bits per heavy atom. The average molecular weight is 366 g/mol. The van der Waals surface area contributed by atoms with Crippen molar-refractivity contribution in [1.29, 1.82) is 0 Å². The molecule has 0 unspecified atom stereocenters. The van der Waals surface area contributed by atoms with Gasteiger partial charge in [0.15, 0.2) is 0 Å². The molecular weight excluding hydrogens is 340 g/mol. The zero-order valence-electron chi connectivity index (χ0n) is 15.0. The highest BCUT2D eigenvalue weighted by Crippen LogP contribution is 2.46. The smallest absolute Gasteiger partial charge is 0.220 e. The lowest BCUT2D eigenvalue weighted by Crippen LogP contribution is -2.56. The number of fused-ring (bicyclic) bond motifs is 1. The molecule has 1 amide bonds. The number of nitrogens with one attached hydrogen (secondary N) is 1. The second-order valence-electron chi connectivity index (χ2n) is 7.32. The summed E-state index contributed by atoms with van der Waals surface area (Å²) in [5.74, 6) is 0.705. The summed E-state index contributed by atoms with van der Waals surface area (Å²) in [5, 5.41) is 3.11. The van der Waals surface area contributed by atoms with Crippen LogP contribution in [0.25, 0.3) is 0 Å². The van der Waals surface area contributed by atoms with Crippen LogP contribution < -0.4 is 10.1 Å². The lowest BCUT2D eigenvalue weighted by molar-refractivity contribution is -0.123. The second-order valence-corrected chi connectivity index (χ2v) is 9.20. The van der Waals surface area contributed by atoms with Gasteiger partial charge in [-0.3, -0.25) is 4.79 Å². The summed E-state index contributed by atoms with van der Waals surface area (Å²) in [5.41, 5.74) is 0.334. The zero-order chi connectivity index (χ0) is 18.2. The van der Waals surface area contributed by atoms with Crippen LogP contribution in [0.15, 0.2) is 24.3 Å². The van der Waals surface area contributed by atoms with Crippen molar-refractivity contribution in [2.75, 3.05) is 13.4 Å². The monoisotopic (exact) mass is 366 g/mol. The molecule has 1 aromatic rings. The van der Waals surface area contributed by atoms with Crippen LogP contribution in [0.5, 0.6) is 5.75 Å². The number of nitrogens with zero attached hydrogens (tertiary/aromatic N) is 1. The van der Waals surface area contributed by atoms with Crippen molar-refractivity contribution in [2.45, 2.75) is 56.7 Å². The highest BCUT2D eigenvalue weighted by Gasteiger charge is 2.53. The molecule has 25 heavy (non-hydrogen) atoms. The molecule has 3 atom stereocenters. The van der Waals surface area contributed by atoms with E-state index in [1.165, 1.54) is 6.26 Å². The molecule has 2 heterocycles. The van der Waals surface area contributed by atoms with E-state index in [1.54, 1.807) is 11.4 Å². The van der Waals surface area contributed by atoms with Gasteiger partial charge in [0.1, 0.15) is 5.75 Å². The normalized spacial score (nSPS) is 30.9. The van der Waals surface area contributed by atoms with E-state index in [-0.39, 0.29) is 18.0 Å². The molecule has 2 aliphatic heterocycles.